The molecule has 0 aromatic rings. The van der Waals surface area contributed by atoms with Crippen molar-refractivity contribution in [1.29, 1.82) is 0 Å². The average Bonchev–Trinajstić information content (AvgIpc) is 2.81. The minimum atomic E-state index is -0.465. The van der Waals surface area contributed by atoms with E-state index in [0.717, 1.165) is 39.0 Å². The highest BCUT2D eigenvalue weighted by molar-refractivity contribution is 5.78. The fourth-order valence-corrected chi connectivity index (χ4v) is 4.32. The Bertz CT molecular complexity index is 535. The van der Waals surface area contributed by atoms with Crippen LogP contribution in [0.5, 0.6) is 0 Å². The van der Waals surface area contributed by atoms with Crippen LogP contribution in [0.4, 0.5) is 4.79 Å². The van der Waals surface area contributed by atoms with Gasteiger partial charge in [-0.25, -0.2) is 4.79 Å². The molecule has 8 nitrogen and oxygen atoms in total. The Morgan fingerprint density at radius 2 is 2.00 bits per heavy atom. The summed E-state index contributed by atoms with van der Waals surface area (Å²) in [7, 11) is 0. The molecule has 27 heavy (non-hydrogen) atoms. The van der Waals surface area contributed by atoms with E-state index in [1.54, 1.807) is 4.90 Å². The molecule has 3 aliphatic rings. The molecule has 2 amide bonds. The van der Waals surface area contributed by atoms with Gasteiger partial charge in [-0.15, -0.1) is 0 Å². The van der Waals surface area contributed by atoms with Crippen molar-refractivity contribution >= 4 is 12.0 Å². The zero-order chi connectivity index (χ0) is 19.4. The minimum absolute atomic E-state index is 0.0327. The third-order valence-corrected chi connectivity index (χ3v) is 5.78. The number of amides is 2. The van der Waals surface area contributed by atoms with Crippen LogP contribution >= 0.6 is 0 Å². The molecule has 3 aliphatic heterocycles. The summed E-state index contributed by atoms with van der Waals surface area (Å²) in [6, 6.07) is 0.547. The number of rotatable bonds is 3. The lowest BCUT2D eigenvalue weighted by Crippen LogP contribution is -2.62. The maximum absolute atomic E-state index is 12.3. The number of ether oxygens (including phenoxy) is 3. The third kappa shape index (κ3) is 4.73. The van der Waals surface area contributed by atoms with E-state index in [1.165, 1.54) is 0 Å². The second-order valence-electron chi connectivity index (χ2n) is 8.03. The SMILES string of the molecule is CCOC(=O)N1CCC(N2CCOC3(COCC(=O)N(C(C)C)C3)C2)CC1. The molecular formula is C19H33N3O5. The van der Waals surface area contributed by atoms with Crippen molar-refractivity contribution in [3.8, 4) is 0 Å². The van der Waals surface area contributed by atoms with E-state index in [9.17, 15) is 9.59 Å². The van der Waals surface area contributed by atoms with Crippen molar-refractivity contribution in [2.75, 3.05) is 59.2 Å². The fraction of sp³-hybridized carbons (Fsp3) is 0.895. The van der Waals surface area contributed by atoms with Crippen LogP contribution in [-0.2, 0) is 19.0 Å². The molecular weight excluding hydrogens is 350 g/mol. The molecule has 0 N–H and O–H groups in total. The molecule has 0 saturated carbocycles. The molecule has 1 unspecified atom stereocenters. The van der Waals surface area contributed by atoms with Crippen molar-refractivity contribution in [3.05, 3.63) is 0 Å². The second kappa shape index (κ2) is 8.75. The molecule has 3 rings (SSSR count). The average molecular weight is 383 g/mol. The normalized spacial score (nSPS) is 28.7. The Morgan fingerprint density at radius 1 is 1.26 bits per heavy atom. The predicted molar refractivity (Wildman–Crippen MR) is 99.5 cm³/mol. The summed E-state index contributed by atoms with van der Waals surface area (Å²) < 4.78 is 17.0. The number of hydrogen-bond donors (Lipinski definition) is 0. The predicted octanol–water partition coefficient (Wildman–Crippen LogP) is 0.946. The van der Waals surface area contributed by atoms with Crippen LogP contribution in [0.15, 0.2) is 0 Å². The van der Waals surface area contributed by atoms with Crippen LogP contribution in [-0.4, -0.2) is 104 Å². The maximum Gasteiger partial charge on any atom is 0.409 e. The Kier molecular flexibility index (Phi) is 6.60. The highest BCUT2D eigenvalue weighted by Crippen LogP contribution is 2.28. The molecule has 1 spiro atoms. The van der Waals surface area contributed by atoms with E-state index in [2.05, 4.69) is 4.90 Å². The molecule has 0 bridgehead atoms. The van der Waals surface area contributed by atoms with E-state index >= 15 is 0 Å². The Morgan fingerprint density at radius 3 is 2.67 bits per heavy atom. The van der Waals surface area contributed by atoms with Gasteiger partial charge in [0.1, 0.15) is 12.2 Å². The van der Waals surface area contributed by atoms with E-state index in [4.69, 9.17) is 14.2 Å². The highest BCUT2D eigenvalue weighted by atomic mass is 16.6. The van der Waals surface area contributed by atoms with Crippen molar-refractivity contribution in [2.24, 2.45) is 0 Å². The minimum Gasteiger partial charge on any atom is -0.450 e. The number of morpholine rings is 1. The molecule has 0 aromatic carbocycles. The zero-order valence-corrected chi connectivity index (χ0v) is 16.8. The molecule has 3 heterocycles. The van der Waals surface area contributed by atoms with Crippen molar-refractivity contribution in [2.45, 2.75) is 51.3 Å². The lowest BCUT2D eigenvalue weighted by Gasteiger charge is -2.47. The van der Waals surface area contributed by atoms with Gasteiger partial charge in [0.25, 0.3) is 0 Å². The smallest absolute Gasteiger partial charge is 0.409 e. The summed E-state index contributed by atoms with van der Waals surface area (Å²) >= 11 is 0. The Labute approximate surface area is 161 Å². The number of piperidine rings is 1. The Balaban J connectivity index is 1.61. The number of carbonyl (C=O) groups excluding carboxylic acids is 2. The molecule has 8 heteroatoms. The van der Waals surface area contributed by atoms with Crippen molar-refractivity contribution < 1.29 is 23.8 Å². The summed E-state index contributed by atoms with van der Waals surface area (Å²) in [6.07, 6.45) is 1.66. The van der Waals surface area contributed by atoms with Gasteiger partial charge >= 0.3 is 6.09 Å². The summed E-state index contributed by atoms with van der Waals surface area (Å²) in [5.74, 6) is 0.0327. The fourth-order valence-electron chi connectivity index (χ4n) is 4.32. The van der Waals surface area contributed by atoms with E-state index < -0.39 is 5.60 Å². The van der Waals surface area contributed by atoms with E-state index in [1.807, 2.05) is 25.7 Å². The van der Waals surface area contributed by atoms with Gasteiger partial charge in [-0.1, -0.05) is 0 Å². The van der Waals surface area contributed by atoms with Gasteiger partial charge in [-0.05, 0) is 33.6 Å². The van der Waals surface area contributed by atoms with Crippen LogP contribution in [0.3, 0.4) is 0 Å². The monoisotopic (exact) mass is 383 g/mol. The summed E-state index contributed by atoms with van der Waals surface area (Å²) in [5.41, 5.74) is -0.465. The van der Waals surface area contributed by atoms with Gasteiger partial charge in [0.2, 0.25) is 5.91 Å². The van der Waals surface area contributed by atoms with Crippen molar-refractivity contribution in [3.63, 3.8) is 0 Å². The standard InChI is InChI=1S/C19H33N3O5/c1-4-26-18(24)20-7-5-16(6-8-20)21-9-10-27-19(12-21)13-22(15(2)3)17(23)11-25-14-19/h15-16H,4-14H2,1-3H3. The lowest BCUT2D eigenvalue weighted by molar-refractivity contribution is -0.154. The second-order valence-corrected chi connectivity index (χ2v) is 8.03. The first kappa shape index (κ1) is 20.4. The number of hydrogen-bond acceptors (Lipinski definition) is 6. The Hall–Kier alpha value is -1.38. The van der Waals surface area contributed by atoms with Crippen LogP contribution in [0.25, 0.3) is 0 Å². The molecule has 0 aromatic heterocycles. The lowest BCUT2D eigenvalue weighted by atomic mass is 9.96. The first-order chi connectivity index (χ1) is 12.9. The van der Waals surface area contributed by atoms with Gasteiger partial charge < -0.3 is 24.0 Å². The summed E-state index contributed by atoms with van der Waals surface area (Å²) in [5, 5.41) is 0. The van der Waals surface area contributed by atoms with Crippen LogP contribution in [0.2, 0.25) is 0 Å². The highest BCUT2D eigenvalue weighted by Gasteiger charge is 2.44. The number of nitrogens with zero attached hydrogens (tertiary/aromatic N) is 3. The first-order valence-corrected chi connectivity index (χ1v) is 10.1. The summed E-state index contributed by atoms with van der Waals surface area (Å²) in [4.78, 5) is 30.3. The maximum atomic E-state index is 12.3. The van der Waals surface area contributed by atoms with Crippen LogP contribution < -0.4 is 0 Å². The van der Waals surface area contributed by atoms with Crippen LogP contribution in [0, 0.1) is 0 Å². The van der Waals surface area contributed by atoms with Crippen molar-refractivity contribution in [1.82, 2.24) is 14.7 Å². The van der Waals surface area contributed by atoms with Gasteiger partial charge in [-0.2, -0.15) is 0 Å². The quantitative estimate of drug-likeness (QED) is 0.723. The van der Waals surface area contributed by atoms with Gasteiger partial charge in [0, 0.05) is 38.3 Å². The van der Waals surface area contributed by atoms with E-state index in [0.29, 0.717) is 32.4 Å². The first-order valence-electron chi connectivity index (χ1n) is 10.1. The zero-order valence-electron chi connectivity index (χ0n) is 16.8. The molecule has 154 valence electrons. The third-order valence-electron chi connectivity index (χ3n) is 5.78. The van der Waals surface area contributed by atoms with Gasteiger partial charge in [0.05, 0.1) is 26.4 Å². The topological polar surface area (TPSA) is 71.5 Å². The molecule has 3 saturated heterocycles. The molecule has 3 fully saturated rings. The largest absolute Gasteiger partial charge is 0.450 e. The molecule has 0 aliphatic carbocycles. The number of likely N-dealkylation sites (tertiary alicyclic amines) is 1. The van der Waals surface area contributed by atoms with Crippen LogP contribution in [0.1, 0.15) is 33.6 Å². The molecule has 1 atom stereocenters. The van der Waals surface area contributed by atoms with Gasteiger partial charge in [0.15, 0.2) is 0 Å². The van der Waals surface area contributed by atoms with E-state index in [-0.39, 0.29) is 24.6 Å². The van der Waals surface area contributed by atoms with Gasteiger partial charge in [-0.3, -0.25) is 9.69 Å². The number of carbonyl (C=O) groups is 2. The molecule has 0 radical (unpaired) electrons. The summed E-state index contributed by atoms with van der Waals surface area (Å²) in [6.45, 7) is 11.2.